The predicted octanol–water partition coefficient (Wildman–Crippen LogP) is 4.13. The summed E-state index contributed by atoms with van der Waals surface area (Å²) in [7, 11) is 1.68. The number of aromatic nitrogens is 1. The first-order valence-electron chi connectivity index (χ1n) is 8.58. The molecule has 2 aromatic carbocycles. The molecule has 0 spiro atoms. The summed E-state index contributed by atoms with van der Waals surface area (Å²) in [5.41, 5.74) is 2.07. The maximum absolute atomic E-state index is 12.5. The smallest absolute Gasteiger partial charge is 0.252 e. The van der Waals surface area contributed by atoms with Gasteiger partial charge >= 0.3 is 0 Å². The second kappa shape index (κ2) is 9.16. The first-order chi connectivity index (χ1) is 12.7. The standard InChI is InChI=1S/C20H22N2O2S2/c1-3-25-16-10-8-15(9-11-16)14-19(23)21-20-22(12-13-24-2)17-6-4-5-7-18(17)26-20/h4-11H,3,12-14H2,1-2H3. The molecule has 1 amide bonds. The van der Waals surface area contributed by atoms with Crippen LogP contribution in [0.5, 0.6) is 0 Å². The highest BCUT2D eigenvalue weighted by Crippen LogP contribution is 2.18. The highest BCUT2D eigenvalue weighted by molar-refractivity contribution is 7.99. The lowest BCUT2D eigenvalue weighted by atomic mass is 10.1. The molecule has 0 aliphatic carbocycles. The van der Waals surface area contributed by atoms with Gasteiger partial charge in [0, 0.05) is 18.6 Å². The van der Waals surface area contributed by atoms with E-state index in [-0.39, 0.29) is 5.91 Å². The third-order valence-corrected chi connectivity index (χ3v) is 5.87. The molecule has 1 heterocycles. The second-order valence-corrected chi connectivity index (χ2v) is 8.10. The van der Waals surface area contributed by atoms with Gasteiger partial charge in [-0.2, -0.15) is 4.99 Å². The largest absolute Gasteiger partial charge is 0.383 e. The zero-order valence-corrected chi connectivity index (χ0v) is 16.6. The average Bonchev–Trinajstić information content (AvgIpc) is 2.98. The third-order valence-electron chi connectivity index (χ3n) is 3.92. The molecule has 0 aliphatic heterocycles. The number of carbonyl (C=O) groups excluding carboxylic acids is 1. The Morgan fingerprint density at radius 3 is 2.69 bits per heavy atom. The number of thiazole rings is 1. The van der Waals surface area contributed by atoms with Crippen LogP contribution in [-0.4, -0.2) is 29.9 Å². The molecule has 136 valence electrons. The molecule has 3 rings (SSSR count). The number of carbonyl (C=O) groups is 1. The van der Waals surface area contributed by atoms with E-state index in [1.54, 1.807) is 18.9 Å². The predicted molar refractivity (Wildman–Crippen MR) is 109 cm³/mol. The first kappa shape index (κ1) is 18.9. The van der Waals surface area contributed by atoms with Crippen molar-refractivity contribution in [2.45, 2.75) is 24.8 Å². The van der Waals surface area contributed by atoms with Crippen molar-refractivity contribution in [1.29, 1.82) is 0 Å². The number of fused-ring (bicyclic) bond motifs is 1. The van der Waals surface area contributed by atoms with E-state index in [1.807, 2.05) is 24.3 Å². The van der Waals surface area contributed by atoms with Crippen molar-refractivity contribution in [2.24, 2.45) is 4.99 Å². The second-order valence-electron chi connectivity index (χ2n) is 5.76. The molecule has 0 fully saturated rings. The topological polar surface area (TPSA) is 43.6 Å². The summed E-state index contributed by atoms with van der Waals surface area (Å²) in [5, 5.41) is 0. The van der Waals surface area contributed by atoms with Gasteiger partial charge < -0.3 is 9.30 Å². The van der Waals surface area contributed by atoms with Gasteiger partial charge in [0.15, 0.2) is 4.80 Å². The van der Waals surface area contributed by atoms with E-state index >= 15 is 0 Å². The molecule has 0 aliphatic rings. The summed E-state index contributed by atoms with van der Waals surface area (Å²) in [4.78, 5) is 18.8. The van der Waals surface area contributed by atoms with E-state index in [0.29, 0.717) is 19.6 Å². The minimum atomic E-state index is -0.126. The van der Waals surface area contributed by atoms with Crippen LogP contribution in [0.2, 0.25) is 0 Å². The fraction of sp³-hybridized carbons (Fsp3) is 0.300. The molecular formula is C20H22N2O2S2. The van der Waals surface area contributed by atoms with E-state index in [1.165, 1.54) is 16.2 Å². The zero-order valence-electron chi connectivity index (χ0n) is 15.0. The highest BCUT2D eigenvalue weighted by Gasteiger charge is 2.08. The quantitative estimate of drug-likeness (QED) is 0.574. The Bertz CT molecular complexity index is 942. The van der Waals surface area contributed by atoms with E-state index in [4.69, 9.17) is 4.74 Å². The molecule has 1 aromatic heterocycles. The van der Waals surface area contributed by atoms with E-state index in [2.05, 4.69) is 40.7 Å². The van der Waals surface area contributed by atoms with Crippen LogP contribution < -0.4 is 4.80 Å². The minimum absolute atomic E-state index is 0.126. The van der Waals surface area contributed by atoms with Gasteiger partial charge in [0.05, 0.1) is 23.2 Å². The molecule has 4 nitrogen and oxygen atoms in total. The first-order valence-corrected chi connectivity index (χ1v) is 10.4. The van der Waals surface area contributed by atoms with Gasteiger partial charge in [-0.15, -0.1) is 11.8 Å². The van der Waals surface area contributed by atoms with Crippen LogP contribution in [0.25, 0.3) is 10.2 Å². The van der Waals surface area contributed by atoms with Gasteiger partial charge in [-0.25, -0.2) is 0 Å². The molecule has 0 bridgehead atoms. The van der Waals surface area contributed by atoms with Crippen LogP contribution in [0.3, 0.4) is 0 Å². The lowest BCUT2D eigenvalue weighted by molar-refractivity contribution is -0.117. The molecule has 0 atom stereocenters. The van der Waals surface area contributed by atoms with Crippen molar-refractivity contribution < 1.29 is 9.53 Å². The molecule has 6 heteroatoms. The van der Waals surface area contributed by atoms with Crippen molar-refractivity contribution in [3.8, 4) is 0 Å². The van der Waals surface area contributed by atoms with Gasteiger partial charge in [-0.05, 0) is 35.6 Å². The van der Waals surface area contributed by atoms with E-state index in [0.717, 1.165) is 26.3 Å². The normalized spacial score (nSPS) is 12.0. The maximum atomic E-state index is 12.5. The van der Waals surface area contributed by atoms with Crippen molar-refractivity contribution in [3.05, 3.63) is 58.9 Å². The van der Waals surface area contributed by atoms with Crippen LogP contribution in [0.1, 0.15) is 12.5 Å². The molecule has 0 saturated heterocycles. The summed E-state index contributed by atoms with van der Waals surface area (Å²) < 4.78 is 8.39. The van der Waals surface area contributed by atoms with Gasteiger partial charge in [-0.1, -0.05) is 42.5 Å². The van der Waals surface area contributed by atoms with Crippen LogP contribution in [0.4, 0.5) is 0 Å². The Morgan fingerprint density at radius 1 is 1.19 bits per heavy atom. The fourth-order valence-corrected chi connectivity index (χ4v) is 4.43. The Labute approximate surface area is 161 Å². The van der Waals surface area contributed by atoms with Crippen molar-refractivity contribution >= 4 is 39.2 Å². The molecular weight excluding hydrogens is 364 g/mol. The highest BCUT2D eigenvalue weighted by atomic mass is 32.2. The molecule has 0 N–H and O–H groups in total. The molecule has 0 saturated carbocycles. The Hall–Kier alpha value is -1.89. The fourth-order valence-electron chi connectivity index (χ4n) is 2.70. The van der Waals surface area contributed by atoms with Gasteiger partial charge in [0.25, 0.3) is 5.91 Å². The number of amides is 1. The number of rotatable bonds is 7. The number of ether oxygens (including phenoxy) is 1. The van der Waals surface area contributed by atoms with Crippen LogP contribution in [0, 0.1) is 0 Å². The number of thioether (sulfide) groups is 1. The van der Waals surface area contributed by atoms with Gasteiger partial charge in [0.2, 0.25) is 0 Å². The van der Waals surface area contributed by atoms with Crippen molar-refractivity contribution in [3.63, 3.8) is 0 Å². The average molecular weight is 387 g/mol. The van der Waals surface area contributed by atoms with Crippen LogP contribution >= 0.6 is 23.1 Å². The number of hydrogen-bond acceptors (Lipinski definition) is 4. The molecule has 0 unspecified atom stereocenters. The van der Waals surface area contributed by atoms with Crippen LogP contribution in [-0.2, 0) is 22.5 Å². The Kier molecular flexibility index (Phi) is 6.66. The SMILES string of the molecule is CCSc1ccc(CC(=O)N=c2sc3ccccc3n2CCOC)cc1. The lowest BCUT2D eigenvalue weighted by Crippen LogP contribution is -2.19. The summed E-state index contributed by atoms with van der Waals surface area (Å²) in [6.07, 6.45) is 0.315. The number of para-hydroxylation sites is 1. The number of nitrogens with zero attached hydrogens (tertiary/aromatic N) is 2. The third kappa shape index (κ3) is 4.63. The summed E-state index contributed by atoms with van der Waals surface area (Å²) in [5.74, 6) is 0.916. The van der Waals surface area contributed by atoms with Gasteiger partial charge in [-0.3, -0.25) is 4.79 Å². The summed E-state index contributed by atoms with van der Waals surface area (Å²) in [6.45, 7) is 3.39. The Balaban J connectivity index is 1.85. The monoisotopic (exact) mass is 386 g/mol. The molecule has 0 radical (unpaired) electrons. The van der Waals surface area contributed by atoms with Gasteiger partial charge in [0.1, 0.15) is 0 Å². The van der Waals surface area contributed by atoms with E-state index in [9.17, 15) is 4.79 Å². The zero-order chi connectivity index (χ0) is 18.4. The van der Waals surface area contributed by atoms with Crippen molar-refractivity contribution in [1.82, 2.24) is 4.57 Å². The molecule has 26 heavy (non-hydrogen) atoms. The Morgan fingerprint density at radius 2 is 1.96 bits per heavy atom. The molecule has 3 aromatic rings. The number of methoxy groups -OCH3 is 1. The summed E-state index contributed by atoms with van der Waals surface area (Å²) in [6, 6.07) is 16.3. The lowest BCUT2D eigenvalue weighted by Gasteiger charge is -2.04. The van der Waals surface area contributed by atoms with Crippen molar-refractivity contribution in [2.75, 3.05) is 19.5 Å². The van der Waals surface area contributed by atoms with E-state index < -0.39 is 0 Å². The minimum Gasteiger partial charge on any atom is -0.383 e. The summed E-state index contributed by atoms with van der Waals surface area (Å²) >= 11 is 3.33. The number of hydrogen-bond donors (Lipinski definition) is 0. The van der Waals surface area contributed by atoms with Crippen LogP contribution in [0.15, 0.2) is 58.4 Å². The number of benzene rings is 2. The maximum Gasteiger partial charge on any atom is 0.252 e.